The normalized spacial score (nSPS) is 12.2. The van der Waals surface area contributed by atoms with Crippen LogP contribution in [-0.2, 0) is 14.3 Å². The van der Waals surface area contributed by atoms with Crippen molar-refractivity contribution in [3.8, 4) is 0 Å². The summed E-state index contributed by atoms with van der Waals surface area (Å²) in [4.78, 5) is 22.9. The highest BCUT2D eigenvalue weighted by Gasteiger charge is 2.25. The molecule has 0 heterocycles. The van der Waals surface area contributed by atoms with Gasteiger partial charge in [-0.3, -0.25) is 9.59 Å². The van der Waals surface area contributed by atoms with Crippen molar-refractivity contribution in [1.82, 2.24) is 0 Å². The Morgan fingerprint density at radius 3 is 2.36 bits per heavy atom. The van der Waals surface area contributed by atoms with Crippen molar-refractivity contribution < 1.29 is 14.3 Å². The summed E-state index contributed by atoms with van der Waals surface area (Å²) >= 11 is 1.54. The van der Waals surface area contributed by atoms with E-state index in [1.165, 1.54) is 11.8 Å². The average Bonchev–Trinajstić information content (AvgIpc) is 2.16. The molecule has 3 nitrogen and oxygen atoms in total. The van der Waals surface area contributed by atoms with Gasteiger partial charge in [0.2, 0.25) is 0 Å². The zero-order chi connectivity index (χ0) is 11.0. The first-order chi connectivity index (χ1) is 6.67. The highest BCUT2D eigenvalue weighted by atomic mass is 32.2. The summed E-state index contributed by atoms with van der Waals surface area (Å²) in [5, 5.41) is 0. The van der Waals surface area contributed by atoms with Gasteiger partial charge in [-0.25, -0.2) is 0 Å². The van der Waals surface area contributed by atoms with Gasteiger partial charge in [0.05, 0.1) is 12.4 Å². The van der Waals surface area contributed by atoms with E-state index in [1.54, 1.807) is 6.92 Å². The van der Waals surface area contributed by atoms with Crippen LogP contribution >= 0.6 is 11.8 Å². The largest absolute Gasteiger partial charge is 0.465 e. The Morgan fingerprint density at radius 2 is 1.93 bits per heavy atom. The van der Waals surface area contributed by atoms with Crippen LogP contribution in [0, 0.1) is 5.92 Å². The van der Waals surface area contributed by atoms with Crippen molar-refractivity contribution >= 4 is 23.5 Å². The fourth-order valence-electron chi connectivity index (χ4n) is 1.07. The summed E-state index contributed by atoms with van der Waals surface area (Å²) in [7, 11) is 0. The zero-order valence-electron chi connectivity index (χ0n) is 9.04. The monoisotopic (exact) mass is 218 g/mol. The standard InChI is InChI=1S/C10H18O3S/c1-4-8(10(12)13-5-2)9(11)7-14-6-3/h8H,4-7H2,1-3H3. The lowest BCUT2D eigenvalue weighted by atomic mass is 10.0. The van der Waals surface area contributed by atoms with Crippen LogP contribution in [0.25, 0.3) is 0 Å². The van der Waals surface area contributed by atoms with Crippen LogP contribution in [0.2, 0.25) is 0 Å². The molecule has 0 aromatic heterocycles. The molecule has 0 radical (unpaired) electrons. The number of carbonyl (C=O) groups is 2. The third kappa shape index (κ3) is 4.65. The molecule has 0 rings (SSSR count). The maximum Gasteiger partial charge on any atom is 0.316 e. The molecule has 1 unspecified atom stereocenters. The van der Waals surface area contributed by atoms with Gasteiger partial charge >= 0.3 is 5.97 Å². The smallest absolute Gasteiger partial charge is 0.316 e. The molecule has 0 aromatic rings. The lowest BCUT2D eigenvalue weighted by Crippen LogP contribution is -2.27. The highest BCUT2D eigenvalue weighted by Crippen LogP contribution is 2.11. The van der Waals surface area contributed by atoms with Gasteiger partial charge in [-0.2, -0.15) is 11.8 Å². The molecular weight excluding hydrogens is 200 g/mol. The summed E-state index contributed by atoms with van der Waals surface area (Å²) in [6.07, 6.45) is 0.530. The summed E-state index contributed by atoms with van der Waals surface area (Å²) < 4.78 is 4.83. The van der Waals surface area contributed by atoms with Gasteiger partial charge in [0.15, 0.2) is 5.78 Å². The molecular formula is C10H18O3S. The molecule has 0 aromatic carbocycles. The molecule has 0 bridgehead atoms. The van der Waals surface area contributed by atoms with Crippen LogP contribution in [0.15, 0.2) is 0 Å². The van der Waals surface area contributed by atoms with E-state index in [4.69, 9.17) is 4.74 Å². The van der Waals surface area contributed by atoms with E-state index < -0.39 is 5.92 Å². The van der Waals surface area contributed by atoms with Crippen molar-refractivity contribution in [2.75, 3.05) is 18.1 Å². The average molecular weight is 218 g/mol. The van der Waals surface area contributed by atoms with Gasteiger partial charge in [0, 0.05) is 0 Å². The van der Waals surface area contributed by atoms with Crippen LogP contribution in [-0.4, -0.2) is 29.9 Å². The minimum Gasteiger partial charge on any atom is -0.465 e. The molecule has 0 aliphatic rings. The number of esters is 1. The van der Waals surface area contributed by atoms with Crippen molar-refractivity contribution in [3.63, 3.8) is 0 Å². The number of Topliss-reactive ketones (excluding diaryl/α,β-unsaturated/α-hetero) is 1. The quantitative estimate of drug-likeness (QED) is 0.483. The van der Waals surface area contributed by atoms with Crippen LogP contribution in [0.4, 0.5) is 0 Å². The third-order valence-corrected chi connectivity index (χ3v) is 2.71. The van der Waals surface area contributed by atoms with E-state index in [0.29, 0.717) is 18.8 Å². The Morgan fingerprint density at radius 1 is 1.29 bits per heavy atom. The van der Waals surface area contributed by atoms with Gasteiger partial charge in [0.25, 0.3) is 0 Å². The van der Waals surface area contributed by atoms with Crippen LogP contribution in [0.5, 0.6) is 0 Å². The fraction of sp³-hybridized carbons (Fsp3) is 0.800. The fourth-order valence-corrected chi connectivity index (χ4v) is 1.68. The predicted octanol–water partition coefficient (Wildman–Crippen LogP) is 1.90. The Balaban J connectivity index is 4.10. The topological polar surface area (TPSA) is 43.4 Å². The van der Waals surface area contributed by atoms with Gasteiger partial charge in [-0.1, -0.05) is 13.8 Å². The summed E-state index contributed by atoms with van der Waals surface area (Å²) in [5.41, 5.74) is 0. The zero-order valence-corrected chi connectivity index (χ0v) is 9.86. The Hall–Kier alpha value is -0.510. The van der Waals surface area contributed by atoms with E-state index in [-0.39, 0.29) is 11.8 Å². The molecule has 0 N–H and O–H groups in total. The minimum absolute atomic E-state index is 0.0159. The summed E-state index contributed by atoms with van der Waals surface area (Å²) in [5.74, 6) is 0.349. The Bertz CT molecular complexity index is 192. The Labute approximate surface area is 89.6 Å². The maximum absolute atomic E-state index is 11.5. The first-order valence-electron chi connectivity index (χ1n) is 4.94. The number of carbonyl (C=O) groups excluding carboxylic acids is 2. The molecule has 1 atom stereocenters. The van der Waals surface area contributed by atoms with E-state index in [2.05, 4.69) is 0 Å². The van der Waals surface area contributed by atoms with E-state index in [9.17, 15) is 9.59 Å². The number of hydrogen-bond acceptors (Lipinski definition) is 4. The molecule has 0 aliphatic heterocycles. The SMILES string of the molecule is CCOC(=O)C(CC)C(=O)CSCC. The van der Waals surface area contributed by atoms with Gasteiger partial charge in [0.1, 0.15) is 5.92 Å². The van der Waals surface area contributed by atoms with E-state index in [0.717, 1.165) is 5.75 Å². The summed E-state index contributed by atoms with van der Waals surface area (Å²) in [6, 6.07) is 0. The second-order valence-electron chi connectivity index (χ2n) is 2.82. The van der Waals surface area contributed by atoms with Crippen molar-refractivity contribution in [2.24, 2.45) is 5.92 Å². The number of hydrogen-bond donors (Lipinski definition) is 0. The molecule has 0 amide bonds. The van der Waals surface area contributed by atoms with E-state index in [1.807, 2.05) is 13.8 Å². The first kappa shape index (κ1) is 13.5. The third-order valence-electron chi connectivity index (χ3n) is 1.82. The molecule has 14 heavy (non-hydrogen) atoms. The number of ketones is 1. The molecule has 0 aliphatic carbocycles. The lowest BCUT2D eigenvalue weighted by molar-refractivity contribution is -0.151. The van der Waals surface area contributed by atoms with Crippen molar-refractivity contribution in [1.29, 1.82) is 0 Å². The van der Waals surface area contributed by atoms with Gasteiger partial charge in [-0.05, 0) is 19.1 Å². The number of rotatable bonds is 7. The number of thioether (sulfide) groups is 1. The van der Waals surface area contributed by atoms with Crippen molar-refractivity contribution in [2.45, 2.75) is 27.2 Å². The molecule has 0 saturated carbocycles. The lowest BCUT2D eigenvalue weighted by Gasteiger charge is -2.11. The number of ether oxygens (including phenoxy) is 1. The summed E-state index contributed by atoms with van der Waals surface area (Å²) in [6.45, 7) is 5.90. The van der Waals surface area contributed by atoms with Crippen LogP contribution < -0.4 is 0 Å². The molecule has 0 fully saturated rings. The molecule has 0 spiro atoms. The van der Waals surface area contributed by atoms with Gasteiger partial charge in [-0.15, -0.1) is 0 Å². The van der Waals surface area contributed by atoms with Gasteiger partial charge < -0.3 is 4.74 Å². The second kappa shape index (κ2) is 7.85. The van der Waals surface area contributed by atoms with Crippen molar-refractivity contribution in [3.05, 3.63) is 0 Å². The molecule has 0 saturated heterocycles. The van der Waals surface area contributed by atoms with E-state index >= 15 is 0 Å². The van der Waals surface area contributed by atoms with Crippen LogP contribution in [0.3, 0.4) is 0 Å². The molecule has 82 valence electrons. The minimum atomic E-state index is -0.561. The highest BCUT2D eigenvalue weighted by molar-refractivity contribution is 7.99. The predicted molar refractivity (Wildman–Crippen MR) is 58.4 cm³/mol. The first-order valence-corrected chi connectivity index (χ1v) is 6.09. The molecule has 4 heteroatoms. The second-order valence-corrected chi connectivity index (χ2v) is 4.09. The Kier molecular flexibility index (Phi) is 7.57. The van der Waals surface area contributed by atoms with Crippen LogP contribution in [0.1, 0.15) is 27.2 Å². The maximum atomic E-state index is 11.5.